The summed E-state index contributed by atoms with van der Waals surface area (Å²) in [6.07, 6.45) is 2.65. The summed E-state index contributed by atoms with van der Waals surface area (Å²) in [5.41, 5.74) is 3.25. The SMILES string of the molecule is Cc1ccccc1CN(C)CC1NCCCC1(C)C. The van der Waals surface area contributed by atoms with E-state index in [2.05, 4.69) is 62.3 Å². The first-order valence-corrected chi connectivity index (χ1v) is 7.45. The highest BCUT2D eigenvalue weighted by molar-refractivity contribution is 5.25. The maximum absolute atomic E-state index is 3.70. The Morgan fingerprint density at radius 3 is 2.74 bits per heavy atom. The molecule has 1 unspecified atom stereocenters. The average Bonchev–Trinajstić information content (AvgIpc) is 2.35. The summed E-state index contributed by atoms with van der Waals surface area (Å²) < 4.78 is 0. The van der Waals surface area contributed by atoms with Crippen molar-refractivity contribution in [2.45, 2.75) is 46.2 Å². The second kappa shape index (κ2) is 6.06. The van der Waals surface area contributed by atoms with Crippen LogP contribution in [0.2, 0.25) is 0 Å². The molecule has 0 aliphatic carbocycles. The maximum Gasteiger partial charge on any atom is 0.0246 e. The summed E-state index contributed by atoms with van der Waals surface area (Å²) in [7, 11) is 2.23. The number of benzene rings is 1. The van der Waals surface area contributed by atoms with Crippen molar-refractivity contribution in [2.24, 2.45) is 5.41 Å². The van der Waals surface area contributed by atoms with Gasteiger partial charge >= 0.3 is 0 Å². The summed E-state index contributed by atoms with van der Waals surface area (Å²) in [6, 6.07) is 9.30. The lowest BCUT2D eigenvalue weighted by Crippen LogP contribution is -2.52. The second-order valence-corrected chi connectivity index (χ2v) is 6.72. The molecule has 1 atom stereocenters. The lowest BCUT2D eigenvalue weighted by atomic mass is 9.77. The molecule has 1 fully saturated rings. The van der Waals surface area contributed by atoms with E-state index in [1.165, 1.54) is 30.5 Å². The standard InChI is InChI=1S/C17H28N2/c1-14-8-5-6-9-15(14)12-19(4)13-16-17(2,3)10-7-11-18-16/h5-6,8-9,16,18H,7,10-13H2,1-4H3. The number of hydrogen-bond donors (Lipinski definition) is 1. The van der Waals surface area contributed by atoms with E-state index in [1.54, 1.807) is 0 Å². The Labute approximate surface area is 118 Å². The van der Waals surface area contributed by atoms with Crippen LogP contribution in [0.1, 0.15) is 37.8 Å². The third-order valence-corrected chi connectivity index (χ3v) is 4.53. The van der Waals surface area contributed by atoms with Gasteiger partial charge in [0.25, 0.3) is 0 Å². The van der Waals surface area contributed by atoms with E-state index in [1.807, 2.05) is 0 Å². The molecule has 0 radical (unpaired) electrons. The molecule has 0 amide bonds. The van der Waals surface area contributed by atoms with E-state index in [-0.39, 0.29) is 0 Å². The van der Waals surface area contributed by atoms with Gasteiger partial charge in [0.05, 0.1) is 0 Å². The van der Waals surface area contributed by atoms with Crippen molar-refractivity contribution in [2.75, 3.05) is 20.1 Å². The molecule has 2 nitrogen and oxygen atoms in total. The van der Waals surface area contributed by atoms with Gasteiger partial charge < -0.3 is 10.2 Å². The van der Waals surface area contributed by atoms with E-state index < -0.39 is 0 Å². The van der Waals surface area contributed by atoms with Crippen molar-refractivity contribution >= 4 is 0 Å². The van der Waals surface area contributed by atoms with E-state index in [0.29, 0.717) is 11.5 Å². The van der Waals surface area contributed by atoms with Crippen LogP contribution in [-0.4, -0.2) is 31.1 Å². The number of aryl methyl sites for hydroxylation is 1. The minimum Gasteiger partial charge on any atom is -0.312 e. The van der Waals surface area contributed by atoms with Gasteiger partial charge in [-0.2, -0.15) is 0 Å². The largest absolute Gasteiger partial charge is 0.312 e. The molecule has 0 bridgehead atoms. The van der Waals surface area contributed by atoms with Crippen molar-refractivity contribution in [1.29, 1.82) is 0 Å². The van der Waals surface area contributed by atoms with Gasteiger partial charge in [-0.3, -0.25) is 0 Å². The van der Waals surface area contributed by atoms with E-state index in [9.17, 15) is 0 Å². The first kappa shape index (κ1) is 14.5. The number of nitrogens with one attached hydrogen (secondary N) is 1. The van der Waals surface area contributed by atoms with Gasteiger partial charge in [0.2, 0.25) is 0 Å². The Morgan fingerprint density at radius 2 is 2.05 bits per heavy atom. The maximum atomic E-state index is 3.70. The van der Waals surface area contributed by atoms with Gasteiger partial charge in [0.1, 0.15) is 0 Å². The topological polar surface area (TPSA) is 15.3 Å². The highest BCUT2D eigenvalue weighted by Gasteiger charge is 2.32. The molecule has 2 heteroatoms. The normalized spacial score (nSPS) is 22.7. The highest BCUT2D eigenvalue weighted by atomic mass is 15.1. The number of nitrogens with zero attached hydrogens (tertiary/aromatic N) is 1. The lowest BCUT2D eigenvalue weighted by molar-refractivity contribution is 0.136. The molecule has 0 spiro atoms. The molecule has 1 N–H and O–H groups in total. The zero-order valence-corrected chi connectivity index (χ0v) is 12.9. The van der Waals surface area contributed by atoms with Crippen molar-refractivity contribution in [3.63, 3.8) is 0 Å². The predicted molar refractivity (Wildman–Crippen MR) is 82.3 cm³/mol. The third-order valence-electron chi connectivity index (χ3n) is 4.53. The lowest BCUT2D eigenvalue weighted by Gasteiger charge is -2.41. The summed E-state index contributed by atoms with van der Waals surface area (Å²) in [5.74, 6) is 0. The fourth-order valence-electron chi connectivity index (χ4n) is 3.04. The van der Waals surface area contributed by atoms with Gasteiger partial charge in [-0.1, -0.05) is 38.1 Å². The fraction of sp³-hybridized carbons (Fsp3) is 0.647. The van der Waals surface area contributed by atoms with Gasteiger partial charge in [-0.05, 0) is 49.9 Å². The summed E-state index contributed by atoms with van der Waals surface area (Å²) >= 11 is 0. The monoisotopic (exact) mass is 260 g/mol. The van der Waals surface area contributed by atoms with E-state index in [0.717, 1.165) is 13.1 Å². The van der Waals surface area contributed by atoms with Gasteiger partial charge in [0.15, 0.2) is 0 Å². The molecule has 1 heterocycles. The van der Waals surface area contributed by atoms with Crippen LogP contribution in [-0.2, 0) is 6.54 Å². The van der Waals surface area contributed by atoms with Gasteiger partial charge in [0, 0.05) is 19.1 Å². The Balaban J connectivity index is 1.94. The molecule has 19 heavy (non-hydrogen) atoms. The van der Waals surface area contributed by atoms with E-state index in [4.69, 9.17) is 0 Å². The predicted octanol–water partition coefficient (Wildman–Crippen LogP) is 3.21. The summed E-state index contributed by atoms with van der Waals surface area (Å²) in [6.45, 7) is 10.3. The van der Waals surface area contributed by atoms with E-state index >= 15 is 0 Å². The van der Waals surface area contributed by atoms with Crippen molar-refractivity contribution in [1.82, 2.24) is 10.2 Å². The Hall–Kier alpha value is -0.860. The molecule has 1 aromatic carbocycles. The molecule has 0 saturated carbocycles. The van der Waals surface area contributed by atoms with Gasteiger partial charge in [-0.25, -0.2) is 0 Å². The Bertz CT molecular complexity index is 411. The quantitative estimate of drug-likeness (QED) is 0.894. The highest BCUT2D eigenvalue weighted by Crippen LogP contribution is 2.30. The first-order chi connectivity index (χ1) is 8.99. The van der Waals surface area contributed by atoms with Crippen molar-refractivity contribution in [3.8, 4) is 0 Å². The van der Waals surface area contributed by atoms with Crippen LogP contribution < -0.4 is 5.32 Å². The molecule has 1 aliphatic heterocycles. The zero-order chi connectivity index (χ0) is 13.9. The number of hydrogen-bond acceptors (Lipinski definition) is 2. The molecule has 0 aromatic heterocycles. The van der Waals surface area contributed by atoms with Crippen LogP contribution in [0.3, 0.4) is 0 Å². The van der Waals surface area contributed by atoms with Crippen molar-refractivity contribution in [3.05, 3.63) is 35.4 Å². The Kier molecular flexibility index (Phi) is 4.64. The zero-order valence-electron chi connectivity index (χ0n) is 12.9. The van der Waals surface area contributed by atoms with Crippen LogP contribution in [0.5, 0.6) is 0 Å². The minimum absolute atomic E-state index is 0.415. The summed E-state index contributed by atoms with van der Waals surface area (Å²) in [4.78, 5) is 2.45. The second-order valence-electron chi connectivity index (χ2n) is 6.72. The van der Waals surface area contributed by atoms with Crippen LogP contribution in [0, 0.1) is 12.3 Å². The minimum atomic E-state index is 0.415. The first-order valence-electron chi connectivity index (χ1n) is 7.45. The number of rotatable bonds is 4. The summed E-state index contributed by atoms with van der Waals surface area (Å²) in [5, 5.41) is 3.70. The van der Waals surface area contributed by atoms with Crippen LogP contribution in [0.15, 0.2) is 24.3 Å². The number of piperidine rings is 1. The Morgan fingerprint density at radius 1 is 1.32 bits per heavy atom. The molecule has 106 valence electrons. The molecular weight excluding hydrogens is 232 g/mol. The van der Waals surface area contributed by atoms with Crippen LogP contribution >= 0.6 is 0 Å². The molecule has 2 rings (SSSR count). The van der Waals surface area contributed by atoms with Crippen molar-refractivity contribution < 1.29 is 0 Å². The fourth-order valence-corrected chi connectivity index (χ4v) is 3.04. The smallest absolute Gasteiger partial charge is 0.0246 e. The van der Waals surface area contributed by atoms with Crippen LogP contribution in [0.25, 0.3) is 0 Å². The molecule has 1 saturated heterocycles. The number of likely N-dealkylation sites (N-methyl/N-ethyl adjacent to an activating group) is 1. The van der Waals surface area contributed by atoms with Gasteiger partial charge in [-0.15, -0.1) is 0 Å². The third kappa shape index (κ3) is 3.80. The molecule has 1 aliphatic rings. The molecule has 1 aromatic rings. The molecular formula is C17H28N2. The van der Waals surface area contributed by atoms with Crippen LogP contribution in [0.4, 0.5) is 0 Å². The average molecular weight is 260 g/mol.